The van der Waals surface area contributed by atoms with Crippen LogP contribution in [0.15, 0.2) is 29.9 Å². The quantitative estimate of drug-likeness (QED) is 0.866. The minimum absolute atomic E-state index is 0.180. The number of carbonyl (C=O) groups is 1. The number of hydrogen-bond acceptors (Lipinski definition) is 5. The van der Waals surface area contributed by atoms with Crippen LogP contribution in [0.4, 0.5) is 5.13 Å². The van der Waals surface area contributed by atoms with Crippen LogP contribution in [0, 0.1) is 6.92 Å². The van der Waals surface area contributed by atoms with E-state index in [1.165, 1.54) is 0 Å². The molecule has 1 amide bonds. The lowest BCUT2D eigenvalue weighted by molar-refractivity contribution is -0.130. The second kappa shape index (κ2) is 6.22. The lowest BCUT2D eigenvalue weighted by Crippen LogP contribution is -2.49. The van der Waals surface area contributed by atoms with Crippen LogP contribution in [0.5, 0.6) is 0 Å². The van der Waals surface area contributed by atoms with Gasteiger partial charge in [-0.25, -0.2) is 4.98 Å². The summed E-state index contributed by atoms with van der Waals surface area (Å²) in [5.41, 5.74) is 1.95. The van der Waals surface area contributed by atoms with Crippen LogP contribution in [-0.2, 0) is 11.2 Å². The number of hydrogen-bond donors (Lipinski definition) is 0. The van der Waals surface area contributed by atoms with E-state index in [9.17, 15) is 4.79 Å². The predicted octanol–water partition coefficient (Wildman–Crippen LogP) is 1.74. The molecule has 3 heterocycles. The molecule has 0 aliphatic carbocycles. The molecule has 21 heavy (non-hydrogen) atoms. The van der Waals surface area contributed by atoms with Gasteiger partial charge in [0.15, 0.2) is 5.13 Å². The number of anilines is 1. The van der Waals surface area contributed by atoms with Crippen LogP contribution in [0.25, 0.3) is 0 Å². The van der Waals surface area contributed by atoms with E-state index in [1.54, 1.807) is 17.5 Å². The first-order chi connectivity index (χ1) is 10.2. The minimum Gasteiger partial charge on any atom is -0.345 e. The van der Waals surface area contributed by atoms with E-state index in [2.05, 4.69) is 14.9 Å². The standard InChI is InChI=1S/C15H18N4OS/c1-12-2-3-13(11-17-12)10-14(20)18-5-7-19(8-6-18)15-16-4-9-21-15/h2-4,9,11H,5-8,10H2,1H3. The van der Waals surface area contributed by atoms with Crippen molar-refractivity contribution in [3.63, 3.8) is 0 Å². The fourth-order valence-electron chi connectivity index (χ4n) is 2.41. The zero-order chi connectivity index (χ0) is 14.7. The summed E-state index contributed by atoms with van der Waals surface area (Å²) in [4.78, 5) is 25.0. The van der Waals surface area contributed by atoms with Crippen molar-refractivity contribution < 1.29 is 4.79 Å². The van der Waals surface area contributed by atoms with Crippen molar-refractivity contribution in [3.8, 4) is 0 Å². The number of rotatable bonds is 3. The Morgan fingerprint density at radius 3 is 2.67 bits per heavy atom. The molecule has 0 unspecified atom stereocenters. The van der Waals surface area contributed by atoms with E-state index < -0.39 is 0 Å². The Labute approximate surface area is 128 Å². The zero-order valence-electron chi connectivity index (χ0n) is 12.0. The highest BCUT2D eigenvalue weighted by Gasteiger charge is 2.22. The molecule has 0 aromatic carbocycles. The van der Waals surface area contributed by atoms with E-state index >= 15 is 0 Å². The summed E-state index contributed by atoms with van der Waals surface area (Å²) in [7, 11) is 0. The summed E-state index contributed by atoms with van der Waals surface area (Å²) in [5, 5.41) is 3.03. The Morgan fingerprint density at radius 2 is 2.05 bits per heavy atom. The average Bonchev–Trinajstić information content (AvgIpc) is 3.04. The number of nitrogens with zero attached hydrogens (tertiary/aromatic N) is 4. The lowest BCUT2D eigenvalue weighted by atomic mass is 10.1. The van der Waals surface area contributed by atoms with Crippen molar-refractivity contribution in [3.05, 3.63) is 41.2 Å². The summed E-state index contributed by atoms with van der Waals surface area (Å²) in [6.45, 7) is 5.18. The van der Waals surface area contributed by atoms with Crippen molar-refractivity contribution in [2.45, 2.75) is 13.3 Å². The molecule has 2 aromatic heterocycles. The van der Waals surface area contributed by atoms with Gasteiger partial charge < -0.3 is 9.80 Å². The van der Waals surface area contributed by atoms with Gasteiger partial charge in [-0.05, 0) is 18.6 Å². The first-order valence-corrected chi connectivity index (χ1v) is 7.94. The fourth-order valence-corrected chi connectivity index (χ4v) is 3.11. The summed E-state index contributed by atoms with van der Waals surface area (Å²) in [6, 6.07) is 3.93. The molecule has 0 atom stereocenters. The van der Waals surface area contributed by atoms with E-state index in [-0.39, 0.29) is 5.91 Å². The smallest absolute Gasteiger partial charge is 0.227 e. The van der Waals surface area contributed by atoms with Gasteiger partial charge in [-0.1, -0.05) is 6.07 Å². The molecule has 1 aliphatic heterocycles. The number of amides is 1. The van der Waals surface area contributed by atoms with Crippen molar-refractivity contribution in [2.75, 3.05) is 31.1 Å². The first kappa shape index (κ1) is 14.0. The van der Waals surface area contributed by atoms with E-state index in [0.29, 0.717) is 6.42 Å². The number of piperazine rings is 1. The molecule has 0 spiro atoms. The van der Waals surface area contributed by atoms with Gasteiger partial charge in [-0.2, -0.15) is 0 Å². The van der Waals surface area contributed by atoms with Gasteiger partial charge in [0, 0.05) is 49.6 Å². The first-order valence-electron chi connectivity index (χ1n) is 7.06. The van der Waals surface area contributed by atoms with E-state index in [1.807, 2.05) is 35.5 Å². The van der Waals surface area contributed by atoms with Crippen molar-refractivity contribution in [1.82, 2.24) is 14.9 Å². The Morgan fingerprint density at radius 1 is 1.24 bits per heavy atom. The number of aromatic nitrogens is 2. The molecule has 6 heteroatoms. The highest BCUT2D eigenvalue weighted by molar-refractivity contribution is 7.13. The number of thiazole rings is 1. The van der Waals surface area contributed by atoms with Crippen molar-refractivity contribution >= 4 is 22.4 Å². The second-order valence-corrected chi connectivity index (χ2v) is 6.04. The molecular formula is C15H18N4OS. The second-order valence-electron chi connectivity index (χ2n) is 5.17. The molecule has 110 valence electrons. The number of pyridine rings is 1. The van der Waals surface area contributed by atoms with Gasteiger partial charge in [-0.15, -0.1) is 11.3 Å². The van der Waals surface area contributed by atoms with Crippen LogP contribution in [0.1, 0.15) is 11.3 Å². The number of aryl methyl sites for hydroxylation is 1. The molecule has 1 aliphatic rings. The van der Waals surface area contributed by atoms with Crippen molar-refractivity contribution in [1.29, 1.82) is 0 Å². The van der Waals surface area contributed by atoms with E-state index in [0.717, 1.165) is 42.6 Å². The van der Waals surface area contributed by atoms with Gasteiger partial charge in [0.2, 0.25) is 5.91 Å². The van der Waals surface area contributed by atoms with Gasteiger partial charge in [-0.3, -0.25) is 9.78 Å². The maximum absolute atomic E-state index is 12.3. The Bertz CT molecular complexity index is 589. The highest BCUT2D eigenvalue weighted by atomic mass is 32.1. The third-order valence-electron chi connectivity index (χ3n) is 3.65. The molecule has 0 N–H and O–H groups in total. The molecule has 0 saturated carbocycles. The minimum atomic E-state index is 0.180. The fraction of sp³-hybridized carbons (Fsp3) is 0.400. The molecular weight excluding hydrogens is 284 g/mol. The summed E-state index contributed by atoms with van der Waals surface area (Å²) in [6.07, 6.45) is 4.05. The van der Waals surface area contributed by atoms with Crippen LogP contribution < -0.4 is 4.90 Å². The third kappa shape index (κ3) is 3.39. The molecule has 1 fully saturated rings. The van der Waals surface area contributed by atoms with Crippen LogP contribution in [-0.4, -0.2) is 47.0 Å². The average molecular weight is 302 g/mol. The molecule has 3 rings (SSSR count). The lowest BCUT2D eigenvalue weighted by Gasteiger charge is -2.34. The third-order valence-corrected chi connectivity index (χ3v) is 4.48. The maximum Gasteiger partial charge on any atom is 0.227 e. The Balaban J connectivity index is 1.54. The maximum atomic E-state index is 12.3. The van der Waals surface area contributed by atoms with Gasteiger partial charge >= 0.3 is 0 Å². The molecule has 2 aromatic rings. The topological polar surface area (TPSA) is 49.3 Å². The van der Waals surface area contributed by atoms with Gasteiger partial charge in [0.1, 0.15) is 0 Å². The molecule has 1 saturated heterocycles. The van der Waals surface area contributed by atoms with Gasteiger partial charge in [0.05, 0.1) is 6.42 Å². The monoisotopic (exact) mass is 302 g/mol. The van der Waals surface area contributed by atoms with Gasteiger partial charge in [0.25, 0.3) is 0 Å². The predicted molar refractivity (Wildman–Crippen MR) is 83.6 cm³/mol. The normalized spacial score (nSPS) is 15.3. The SMILES string of the molecule is Cc1ccc(CC(=O)N2CCN(c3nccs3)CC2)cn1. The largest absolute Gasteiger partial charge is 0.345 e. The zero-order valence-corrected chi connectivity index (χ0v) is 12.8. The van der Waals surface area contributed by atoms with Crippen molar-refractivity contribution in [2.24, 2.45) is 0 Å². The van der Waals surface area contributed by atoms with Crippen LogP contribution in [0.3, 0.4) is 0 Å². The molecule has 0 radical (unpaired) electrons. The van der Waals surface area contributed by atoms with Crippen LogP contribution >= 0.6 is 11.3 Å². The van der Waals surface area contributed by atoms with Crippen LogP contribution in [0.2, 0.25) is 0 Å². The Kier molecular flexibility index (Phi) is 4.15. The summed E-state index contributed by atoms with van der Waals surface area (Å²) in [5.74, 6) is 0.180. The summed E-state index contributed by atoms with van der Waals surface area (Å²) < 4.78 is 0. The molecule has 5 nitrogen and oxygen atoms in total. The number of carbonyl (C=O) groups excluding carboxylic acids is 1. The molecule has 0 bridgehead atoms. The van der Waals surface area contributed by atoms with E-state index in [4.69, 9.17) is 0 Å². The summed E-state index contributed by atoms with van der Waals surface area (Å²) >= 11 is 1.65. The Hall–Kier alpha value is -1.95. The highest BCUT2D eigenvalue weighted by Crippen LogP contribution is 2.19.